The second kappa shape index (κ2) is 5.80. The van der Waals surface area contributed by atoms with E-state index in [0.717, 1.165) is 36.4 Å². The molecule has 0 saturated heterocycles. The largest absolute Gasteiger partial charge is 0.391 e. The number of aromatic nitrogens is 1. The van der Waals surface area contributed by atoms with Gasteiger partial charge in [0.2, 0.25) is 5.91 Å². The van der Waals surface area contributed by atoms with Crippen LogP contribution in [0.3, 0.4) is 0 Å². The molecule has 1 N–H and O–H groups in total. The fourth-order valence-electron chi connectivity index (χ4n) is 2.50. The average molecular weight is 268 g/mol. The molecule has 2 atom stereocenters. The lowest BCUT2D eigenvalue weighted by Crippen LogP contribution is -2.46. The number of aliphatic hydroxyl groups is 1. The van der Waals surface area contributed by atoms with Crippen molar-refractivity contribution in [3.05, 3.63) is 16.1 Å². The summed E-state index contributed by atoms with van der Waals surface area (Å²) < 4.78 is 0. The number of aliphatic hydroxyl groups excluding tert-OH is 1. The molecular formula is C13H20N2O2S. The van der Waals surface area contributed by atoms with Crippen LogP contribution in [0, 0.1) is 6.92 Å². The molecule has 0 aliphatic heterocycles. The first-order chi connectivity index (χ1) is 8.58. The van der Waals surface area contributed by atoms with Gasteiger partial charge in [0.05, 0.1) is 29.3 Å². The van der Waals surface area contributed by atoms with Gasteiger partial charge in [-0.05, 0) is 19.8 Å². The number of carbonyl (C=O) groups is 1. The zero-order valence-corrected chi connectivity index (χ0v) is 11.7. The Kier molecular flexibility index (Phi) is 4.35. The van der Waals surface area contributed by atoms with E-state index in [4.69, 9.17) is 0 Å². The second-order valence-corrected chi connectivity index (χ2v) is 6.02. The summed E-state index contributed by atoms with van der Waals surface area (Å²) in [5.74, 6) is 0.0475. The summed E-state index contributed by atoms with van der Waals surface area (Å²) in [4.78, 5) is 18.2. The number of likely N-dealkylation sites (N-methyl/N-ethyl adjacent to an activating group) is 1. The molecule has 0 aromatic carbocycles. The Morgan fingerprint density at radius 1 is 1.56 bits per heavy atom. The molecule has 2 rings (SSSR count). The number of nitrogens with zero attached hydrogens (tertiary/aromatic N) is 2. The number of amides is 1. The van der Waals surface area contributed by atoms with E-state index in [2.05, 4.69) is 4.98 Å². The summed E-state index contributed by atoms with van der Waals surface area (Å²) in [7, 11) is 1.79. The van der Waals surface area contributed by atoms with Crippen molar-refractivity contribution in [1.29, 1.82) is 0 Å². The number of hydrogen-bond acceptors (Lipinski definition) is 4. The molecule has 18 heavy (non-hydrogen) atoms. The van der Waals surface area contributed by atoms with Crippen molar-refractivity contribution in [3.63, 3.8) is 0 Å². The lowest BCUT2D eigenvalue weighted by atomic mass is 9.91. The lowest BCUT2D eigenvalue weighted by Gasteiger charge is -2.35. The first-order valence-electron chi connectivity index (χ1n) is 6.42. The Hall–Kier alpha value is -0.940. The Morgan fingerprint density at radius 3 is 2.89 bits per heavy atom. The highest BCUT2D eigenvalue weighted by atomic mass is 32.1. The molecule has 0 radical (unpaired) electrons. The normalized spacial score (nSPS) is 23.9. The molecule has 1 aliphatic carbocycles. The van der Waals surface area contributed by atoms with E-state index in [-0.39, 0.29) is 18.1 Å². The van der Waals surface area contributed by atoms with E-state index in [0.29, 0.717) is 6.42 Å². The summed E-state index contributed by atoms with van der Waals surface area (Å²) in [6, 6.07) is -0.0222. The predicted octanol–water partition coefficient (Wildman–Crippen LogP) is 1.76. The molecule has 1 aromatic heterocycles. The summed E-state index contributed by atoms with van der Waals surface area (Å²) in [6.07, 6.45) is 3.83. The smallest absolute Gasteiger partial charge is 0.228 e. The maximum absolute atomic E-state index is 12.1. The third-order valence-electron chi connectivity index (χ3n) is 3.58. The Morgan fingerprint density at radius 2 is 2.28 bits per heavy atom. The van der Waals surface area contributed by atoms with Crippen molar-refractivity contribution >= 4 is 17.2 Å². The minimum Gasteiger partial charge on any atom is -0.391 e. The number of rotatable bonds is 3. The summed E-state index contributed by atoms with van der Waals surface area (Å²) in [5.41, 5.74) is 0.833. The quantitative estimate of drug-likeness (QED) is 0.908. The first kappa shape index (κ1) is 13.5. The van der Waals surface area contributed by atoms with Crippen LogP contribution in [-0.4, -0.2) is 40.1 Å². The van der Waals surface area contributed by atoms with E-state index < -0.39 is 0 Å². The van der Waals surface area contributed by atoms with Crippen molar-refractivity contribution in [2.45, 2.75) is 51.2 Å². The van der Waals surface area contributed by atoms with Crippen LogP contribution in [0.15, 0.2) is 5.38 Å². The van der Waals surface area contributed by atoms with Crippen LogP contribution in [0.2, 0.25) is 0 Å². The average Bonchev–Trinajstić information content (AvgIpc) is 2.74. The zero-order valence-electron chi connectivity index (χ0n) is 10.9. The highest BCUT2D eigenvalue weighted by Crippen LogP contribution is 2.23. The van der Waals surface area contributed by atoms with Crippen molar-refractivity contribution in [2.75, 3.05) is 7.05 Å². The van der Waals surface area contributed by atoms with E-state index in [9.17, 15) is 9.90 Å². The van der Waals surface area contributed by atoms with Crippen molar-refractivity contribution in [1.82, 2.24) is 9.88 Å². The summed E-state index contributed by atoms with van der Waals surface area (Å²) in [6.45, 7) is 1.94. The Balaban J connectivity index is 1.95. The molecule has 2 unspecified atom stereocenters. The van der Waals surface area contributed by atoms with E-state index in [1.807, 2.05) is 12.3 Å². The highest BCUT2D eigenvalue weighted by Gasteiger charge is 2.29. The van der Waals surface area contributed by atoms with Crippen LogP contribution in [0.25, 0.3) is 0 Å². The molecule has 4 nitrogen and oxygen atoms in total. The maximum Gasteiger partial charge on any atom is 0.228 e. The third kappa shape index (κ3) is 3.09. The van der Waals surface area contributed by atoms with Gasteiger partial charge in [-0.15, -0.1) is 11.3 Å². The summed E-state index contributed by atoms with van der Waals surface area (Å²) >= 11 is 1.56. The van der Waals surface area contributed by atoms with Gasteiger partial charge < -0.3 is 10.0 Å². The minimum atomic E-state index is -0.370. The van der Waals surface area contributed by atoms with Gasteiger partial charge in [0.1, 0.15) is 0 Å². The van der Waals surface area contributed by atoms with Gasteiger partial charge in [-0.25, -0.2) is 4.98 Å². The molecule has 1 fully saturated rings. The van der Waals surface area contributed by atoms with Crippen molar-refractivity contribution in [2.24, 2.45) is 0 Å². The van der Waals surface area contributed by atoms with Gasteiger partial charge in [-0.3, -0.25) is 4.79 Å². The van der Waals surface area contributed by atoms with Crippen LogP contribution >= 0.6 is 11.3 Å². The molecule has 0 spiro atoms. The fourth-order valence-corrected chi connectivity index (χ4v) is 3.11. The number of carbonyl (C=O) groups excluding carboxylic acids is 1. The van der Waals surface area contributed by atoms with Crippen LogP contribution in [0.4, 0.5) is 0 Å². The number of hydrogen-bond donors (Lipinski definition) is 1. The first-order valence-corrected chi connectivity index (χ1v) is 7.30. The topological polar surface area (TPSA) is 53.4 Å². The van der Waals surface area contributed by atoms with E-state index in [1.54, 1.807) is 23.3 Å². The standard InChI is InChI=1S/C13H20N2O2S/c1-9-14-10(8-18-9)7-13(17)15(2)11-5-3-4-6-12(11)16/h8,11-12,16H,3-7H2,1-2H3. The van der Waals surface area contributed by atoms with Gasteiger partial charge in [0.15, 0.2) is 0 Å². The van der Waals surface area contributed by atoms with E-state index >= 15 is 0 Å². The van der Waals surface area contributed by atoms with Crippen LogP contribution in [-0.2, 0) is 11.2 Å². The zero-order chi connectivity index (χ0) is 13.1. The Labute approximate surface area is 112 Å². The molecular weight excluding hydrogens is 248 g/mol. The van der Waals surface area contributed by atoms with Gasteiger partial charge in [0, 0.05) is 12.4 Å². The second-order valence-electron chi connectivity index (χ2n) is 4.96. The lowest BCUT2D eigenvalue weighted by molar-refractivity contribution is -0.134. The van der Waals surface area contributed by atoms with Crippen LogP contribution < -0.4 is 0 Å². The minimum absolute atomic E-state index is 0.0222. The highest BCUT2D eigenvalue weighted by molar-refractivity contribution is 7.09. The molecule has 1 saturated carbocycles. The van der Waals surface area contributed by atoms with Gasteiger partial charge in [-0.1, -0.05) is 12.8 Å². The van der Waals surface area contributed by atoms with Crippen LogP contribution in [0.5, 0.6) is 0 Å². The molecule has 1 heterocycles. The molecule has 100 valence electrons. The third-order valence-corrected chi connectivity index (χ3v) is 4.41. The molecule has 5 heteroatoms. The number of thiazole rings is 1. The molecule has 1 aromatic rings. The van der Waals surface area contributed by atoms with Gasteiger partial charge >= 0.3 is 0 Å². The molecule has 1 aliphatic rings. The van der Waals surface area contributed by atoms with E-state index in [1.165, 1.54) is 0 Å². The summed E-state index contributed by atoms with van der Waals surface area (Å²) in [5, 5.41) is 12.9. The van der Waals surface area contributed by atoms with Gasteiger partial charge in [-0.2, -0.15) is 0 Å². The number of aryl methyl sites for hydroxylation is 1. The van der Waals surface area contributed by atoms with Crippen molar-refractivity contribution < 1.29 is 9.90 Å². The monoisotopic (exact) mass is 268 g/mol. The predicted molar refractivity (Wildman–Crippen MR) is 71.6 cm³/mol. The van der Waals surface area contributed by atoms with Crippen molar-refractivity contribution in [3.8, 4) is 0 Å². The molecule has 0 bridgehead atoms. The Bertz CT molecular complexity index is 419. The SMILES string of the molecule is Cc1nc(CC(=O)N(C)C2CCCCC2O)cs1. The fraction of sp³-hybridized carbons (Fsp3) is 0.692. The molecule has 1 amide bonds. The van der Waals surface area contributed by atoms with Crippen LogP contribution in [0.1, 0.15) is 36.4 Å². The van der Waals surface area contributed by atoms with Gasteiger partial charge in [0.25, 0.3) is 0 Å². The maximum atomic E-state index is 12.1.